The van der Waals surface area contributed by atoms with E-state index >= 15 is 0 Å². The van der Waals surface area contributed by atoms with Crippen LogP contribution in [0.15, 0.2) is 18.3 Å². The molecule has 3 heterocycles. The average Bonchev–Trinajstić information content (AvgIpc) is 3.57. The fraction of sp³-hybridized carbons (Fsp3) is 0.565. The number of rotatable bonds is 11. The van der Waals surface area contributed by atoms with Crippen molar-refractivity contribution in [1.29, 1.82) is 0 Å². The van der Waals surface area contributed by atoms with Crippen LogP contribution < -0.4 is 10.6 Å². The molecule has 4 amide bonds. The van der Waals surface area contributed by atoms with Gasteiger partial charge in [0, 0.05) is 26.3 Å². The lowest BCUT2D eigenvalue weighted by Gasteiger charge is -2.26. The first-order valence-electron chi connectivity index (χ1n) is 11.9. The third-order valence-corrected chi connectivity index (χ3v) is 7.96. The minimum absolute atomic E-state index is 0.132. The largest absolute Gasteiger partial charge is 0.480 e. The number of carboxylic acids is 2. The van der Waals surface area contributed by atoms with Crippen molar-refractivity contribution < 1.29 is 39.0 Å². The van der Waals surface area contributed by atoms with Crippen LogP contribution in [-0.2, 0) is 31.0 Å². The highest BCUT2D eigenvalue weighted by molar-refractivity contribution is 8.00. The first kappa shape index (κ1) is 29.4. The Morgan fingerprint density at radius 2 is 1.42 bits per heavy atom. The molecule has 13 nitrogen and oxygen atoms in total. The van der Waals surface area contributed by atoms with Crippen molar-refractivity contribution in [3.8, 4) is 0 Å². The summed E-state index contributed by atoms with van der Waals surface area (Å²) in [6.07, 6.45) is 4.00. The Morgan fingerprint density at radius 1 is 0.895 bits per heavy atom. The van der Waals surface area contributed by atoms with Crippen LogP contribution >= 0.6 is 23.5 Å². The van der Waals surface area contributed by atoms with Gasteiger partial charge in [0.15, 0.2) is 0 Å². The van der Waals surface area contributed by atoms with Gasteiger partial charge in [0.25, 0.3) is 5.91 Å². The number of hydrogen-bond acceptors (Lipinski definition) is 8. The molecule has 0 bridgehead atoms. The number of aromatic nitrogens is 1. The van der Waals surface area contributed by atoms with Crippen molar-refractivity contribution in [3.05, 3.63) is 24.0 Å². The lowest BCUT2D eigenvalue weighted by Crippen LogP contribution is -2.52. The maximum atomic E-state index is 12.8. The zero-order valence-corrected chi connectivity index (χ0v) is 22.6. The van der Waals surface area contributed by atoms with Crippen molar-refractivity contribution in [2.24, 2.45) is 7.05 Å². The van der Waals surface area contributed by atoms with E-state index < -0.39 is 53.8 Å². The van der Waals surface area contributed by atoms with E-state index in [1.54, 1.807) is 36.2 Å². The molecular weight excluding hydrogens is 538 g/mol. The summed E-state index contributed by atoms with van der Waals surface area (Å²) in [6, 6.07) is -0.630. The van der Waals surface area contributed by atoms with Crippen molar-refractivity contribution in [1.82, 2.24) is 25.0 Å². The molecule has 0 spiro atoms. The molecule has 2 aliphatic heterocycles. The molecule has 2 aliphatic rings. The number of hydrogen-bond donors (Lipinski definition) is 4. The Morgan fingerprint density at radius 3 is 1.87 bits per heavy atom. The third-order valence-electron chi connectivity index (χ3n) is 6.51. The van der Waals surface area contributed by atoms with Crippen molar-refractivity contribution in [3.63, 3.8) is 0 Å². The molecule has 15 heteroatoms. The van der Waals surface area contributed by atoms with Gasteiger partial charge in [-0.15, -0.1) is 11.8 Å². The Bertz CT molecular complexity index is 1100. The highest BCUT2D eigenvalue weighted by Gasteiger charge is 2.44. The van der Waals surface area contributed by atoms with Crippen LogP contribution in [0.5, 0.6) is 0 Å². The zero-order valence-electron chi connectivity index (χ0n) is 21.0. The summed E-state index contributed by atoms with van der Waals surface area (Å²) in [7, 11) is 1.69. The molecule has 208 valence electrons. The number of likely N-dealkylation sites (tertiary alicyclic amines) is 2. The van der Waals surface area contributed by atoms with Crippen molar-refractivity contribution in [2.75, 3.05) is 36.6 Å². The van der Waals surface area contributed by atoms with Gasteiger partial charge in [-0.05, 0) is 31.2 Å². The number of aryl methyl sites for hydroxylation is 1. The van der Waals surface area contributed by atoms with E-state index in [9.17, 15) is 39.0 Å². The molecule has 0 aliphatic carbocycles. The molecular formula is C23H31N5O8S2. The molecule has 1 aromatic rings. The van der Waals surface area contributed by atoms with Crippen LogP contribution in [0.2, 0.25) is 0 Å². The molecule has 2 saturated heterocycles. The summed E-state index contributed by atoms with van der Waals surface area (Å²) in [5.41, 5.74) is 0.362. The normalized spacial score (nSPS) is 22.8. The number of aliphatic carboxylic acids is 2. The molecule has 3 rings (SSSR count). The van der Waals surface area contributed by atoms with Gasteiger partial charge >= 0.3 is 11.9 Å². The van der Waals surface area contributed by atoms with E-state index in [0.717, 1.165) is 11.8 Å². The highest BCUT2D eigenvalue weighted by atomic mass is 32.2. The van der Waals surface area contributed by atoms with Gasteiger partial charge in [0.1, 0.15) is 17.8 Å². The van der Waals surface area contributed by atoms with Crippen LogP contribution in [0.1, 0.15) is 23.3 Å². The highest BCUT2D eigenvalue weighted by Crippen LogP contribution is 2.23. The van der Waals surface area contributed by atoms with Crippen LogP contribution in [0.25, 0.3) is 0 Å². The van der Waals surface area contributed by atoms with E-state index in [1.807, 2.05) is 0 Å². The SMILES string of the molecule is CSCC(=O)N[C@H]1CCN(C(=O)CSCC(=O)N2CC[C@H](NC(=O)c3cccn3C)[C@H]2C(=O)O)[C@@H]1C(=O)O. The second kappa shape index (κ2) is 13.0. The number of carbonyl (C=O) groups excluding carboxylic acids is 4. The van der Waals surface area contributed by atoms with E-state index in [1.165, 1.54) is 21.6 Å². The van der Waals surface area contributed by atoms with Crippen LogP contribution in [0, 0.1) is 0 Å². The Kier molecular flexibility index (Phi) is 10.1. The Labute approximate surface area is 227 Å². The second-order valence-electron chi connectivity index (χ2n) is 9.00. The molecule has 4 N–H and O–H groups in total. The van der Waals surface area contributed by atoms with Gasteiger partial charge in [0.05, 0.1) is 29.3 Å². The molecule has 4 atom stereocenters. The monoisotopic (exact) mass is 569 g/mol. The minimum Gasteiger partial charge on any atom is -0.480 e. The van der Waals surface area contributed by atoms with E-state index in [4.69, 9.17) is 0 Å². The first-order valence-corrected chi connectivity index (χ1v) is 14.4. The van der Waals surface area contributed by atoms with Gasteiger partial charge in [0.2, 0.25) is 17.7 Å². The summed E-state index contributed by atoms with van der Waals surface area (Å²) in [5, 5.41) is 24.8. The quantitative estimate of drug-likeness (QED) is 0.260. The van der Waals surface area contributed by atoms with E-state index in [0.29, 0.717) is 12.1 Å². The summed E-state index contributed by atoms with van der Waals surface area (Å²) in [5.74, 6) is -4.39. The van der Waals surface area contributed by atoms with Crippen molar-refractivity contribution >= 4 is 59.1 Å². The molecule has 38 heavy (non-hydrogen) atoms. The van der Waals surface area contributed by atoms with Gasteiger partial charge in [-0.1, -0.05) is 0 Å². The van der Waals surface area contributed by atoms with Crippen LogP contribution in [0.4, 0.5) is 0 Å². The van der Waals surface area contributed by atoms with E-state index in [-0.39, 0.29) is 42.7 Å². The topological polar surface area (TPSA) is 178 Å². The lowest BCUT2D eigenvalue weighted by atomic mass is 10.1. The molecule has 0 saturated carbocycles. The second-order valence-corrected chi connectivity index (χ2v) is 10.9. The molecule has 0 radical (unpaired) electrons. The van der Waals surface area contributed by atoms with E-state index in [2.05, 4.69) is 10.6 Å². The van der Waals surface area contributed by atoms with Gasteiger partial charge in [-0.3, -0.25) is 19.2 Å². The van der Waals surface area contributed by atoms with Crippen molar-refractivity contribution in [2.45, 2.75) is 37.0 Å². The summed E-state index contributed by atoms with van der Waals surface area (Å²) in [6.45, 7) is 0.289. The van der Waals surface area contributed by atoms with Crippen LogP contribution in [0.3, 0.4) is 0 Å². The third kappa shape index (κ3) is 6.81. The fourth-order valence-corrected chi connectivity index (χ4v) is 5.90. The molecule has 0 aromatic carbocycles. The summed E-state index contributed by atoms with van der Waals surface area (Å²) >= 11 is 2.26. The number of thioether (sulfide) groups is 2. The fourth-order valence-electron chi connectivity index (χ4n) is 4.77. The minimum atomic E-state index is -1.25. The molecule has 1 aromatic heterocycles. The predicted molar refractivity (Wildman–Crippen MR) is 140 cm³/mol. The lowest BCUT2D eigenvalue weighted by molar-refractivity contribution is -0.148. The zero-order chi connectivity index (χ0) is 28.0. The Hall–Kier alpha value is -3.20. The molecule has 0 unspecified atom stereocenters. The standard InChI is InChI=1S/C23H31N5O8S2/c1-26-7-3-4-15(26)21(32)25-14-6-9-28(20(14)23(35)36)18(31)12-38-11-17(30)27-8-5-13(19(27)22(33)34)24-16(29)10-37-2/h3-4,7,13-14,19-20H,5-6,8-12H2,1-2H3,(H,24,29)(H,25,32)(H,33,34)(H,35,36)/t13-,14-,19-,20-/m0/s1. The number of nitrogens with zero attached hydrogens (tertiary/aromatic N) is 3. The summed E-state index contributed by atoms with van der Waals surface area (Å²) in [4.78, 5) is 76.2. The first-order chi connectivity index (χ1) is 18.0. The van der Waals surface area contributed by atoms with Gasteiger partial charge in [-0.25, -0.2) is 9.59 Å². The Balaban J connectivity index is 1.53. The number of carboxylic acid groups (broad SMARTS) is 2. The summed E-state index contributed by atoms with van der Waals surface area (Å²) < 4.78 is 1.60. The number of nitrogens with one attached hydrogen (secondary N) is 2. The predicted octanol–water partition coefficient (Wildman–Crippen LogP) is -0.924. The van der Waals surface area contributed by atoms with Gasteiger partial charge in [-0.2, -0.15) is 11.8 Å². The smallest absolute Gasteiger partial charge is 0.328 e. The number of carbonyl (C=O) groups is 6. The maximum Gasteiger partial charge on any atom is 0.328 e. The number of amides is 4. The van der Waals surface area contributed by atoms with Gasteiger partial charge < -0.3 is 35.2 Å². The molecule has 2 fully saturated rings. The van der Waals surface area contributed by atoms with Crippen LogP contribution in [-0.4, -0.2) is 121 Å². The maximum absolute atomic E-state index is 12.8. The average molecular weight is 570 g/mol.